The molecule has 2 heterocycles. The van der Waals surface area contributed by atoms with Gasteiger partial charge in [0.15, 0.2) is 23.0 Å². The molecule has 0 amide bonds. The summed E-state index contributed by atoms with van der Waals surface area (Å²) in [6.45, 7) is 5.88. The van der Waals surface area contributed by atoms with Crippen molar-refractivity contribution in [1.29, 1.82) is 10.5 Å². The molecule has 0 fully saturated rings. The predicted octanol–water partition coefficient (Wildman–Crippen LogP) is 10.3. The van der Waals surface area contributed by atoms with Crippen LogP contribution in [0.5, 0.6) is 23.0 Å². The highest BCUT2D eigenvalue weighted by Gasteiger charge is 2.24. The number of rotatable bonds is 6. The summed E-state index contributed by atoms with van der Waals surface area (Å²) in [6, 6.07) is 36.3. The van der Waals surface area contributed by atoms with Crippen LogP contribution in [0.25, 0.3) is 24.3 Å². The van der Waals surface area contributed by atoms with E-state index in [4.69, 9.17) is 9.47 Å². The van der Waals surface area contributed by atoms with Gasteiger partial charge in [0.1, 0.15) is 0 Å². The van der Waals surface area contributed by atoms with Crippen molar-refractivity contribution < 1.29 is 9.47 Å². The van der Waals surface area contributed by atoms with Gasteiger partial charge in [0.25, 0.3) is 0 Å². The van der Waals surface area contributed by atoms with Crippen molar-refractivity contribution in [2.75, 3.05) is 22.9 Å². The lowest BCUT2D eigenvalue weighted by Gasteiger charge is -2.32. The Hall–Kier alpha value is -6.24. The molecule has 0 saturated carbocycles. The number of hydrogen-bond donors (Lipinski definition) is 0. The van der Waals surface area contributed by atoms with Crippen LogP contribution in [-0.2, 0) is 0 Å². The molecule has 0 radical (unpaired) electrons. The molecule has 5 aromatic rings. The molecule has 7 rings (SSSR count). The number of anilines is 4. The number of ether oxygens (including phenoxy) is 2. The molecule has 0 spiro atoms. The van der Waals surface area contributed by atoms with Gasteiger partial charge in [-0.2, -0.15) is 10.5 Å². The second-order valence-electron chi connectivity index (χ2n) is 11.0. The average Bonchev–Trinajstić information content (AvgIpc) is 3.10. The number of nitriles is 2. The fourth-order valence-corrected chi connectivity index (χ4v) is 6.06. The largest absolute Gasteiger partial charge is 0.453 e. The van der Waals surface area contributed by atoms with Crippen LogP contribution in [0.2, 0.25) is 0 Å². The predicted molar refractivity (Wildman–Crippen MR) is 185 cm³/mol. The van der Waals surface area contributed by atoms with Crippen LogP contribution in [0.4, 0.5) is 22.7 Å². The van der Waals surface area contributed by atoms with E-state index in [1.165, 1.54) is 0 Å². The van der Waals surface area contributed by atoms with Crippen molar-refractivity contribution in [3.8, 4) is 35.1 Å². The Kier molecular flexibility index (Phi) is 7.46. The third kappa shape index (κ3) is 5.13. The Labute approximate surface area is 268 Å². The molecule has 6 nitrogen and oxygen atoms in total. The third-order valence-electron chi connectivity index (χ3n) is 8.31. The summed E-state index contributed by atoms with van der Waals surface area (Å²) in [6.07, 6.45) is 7.64. The van der Waals surface area contributed by atoms with Crippen LogP contribution in [0.1, 0.15) is 47.2 Å². The second kappa shape index (κ2) is 12.0. The fraction of sp³-hybridized carbons (Fsp3) is 0.100. The van der Waals surface area contributed by atoms with Crippen LogP contribution in [0, 0.1) is 22.7 Å². The van der Waals surface area contributed by atoms with Crippen molar-refractivity contribution in [3.05, 3.63) is 130 Å². The summed E-state index contributed by atoms with van der Waals surface area (Å²) >= 11 is 0. The molecule has 2 aliphatic rings. The van der Waals surface area contributed by atoms with E-state index in [1.807, 2.05) is 85.0 Å². The van der Waals surface area contributed by atoms with Gasteiger partial charge in [0.2, 0.25) is 0 Å². The molecule has 2 aliphatic heterocycles. The van der Waals surface area contributed by atoms with Crippen molar-refractivity contribution in [1.82, 2.24) is 0 Å². The maximum atomic E-state index is 10.0. The minimum Gasteiger partial charge on any atom is -0.453 e. The number of para-hydroxylation sites is 4. The Balaban J connectivity index is 1.15. The average molecular weight is 599 g/mol. The van der Waals surface area contributed by atoms with E-state index >= 15 is 0 Å². The molecule has 6 heteroatoms. The summed E-state index contributed by atoms with van der Waals surface area (Å²) in [5, 5.41) is 20.0. The minimum atomic E-state index is 0.485. The van der Waals surface area contributed by atoms with Crippen LogP contribution < -0.4 is 19.3 Å². The Bertz CT molecular complexity index is 1980. The first-order chi connectivity index (χ1) is 22.6. The molecule has 0 atom stereocenters. The lowest BCUT2D eigenvalue weighted by atomic mass is 9.97. The molecule has 0 N–H and O–H groups in total. The molecule has 0 saturated heterocycles. The van der Waals surface area contributed by atoms with Gasteiger partial charge in [0, 0.05) is 13.1 Å². The van der Waals surface area contributed by atoms with Gasteiger partial charge in [0.05, 0.1) is 46.0 Å². The van der Waals surface area contributed by atoms with Crippen molar-refractivity contribution >= 4 is 47.1 Å². The zero-order valence-corrected chi connectivity index (χ0v) is 25.6. The van der Waals surface area contributed by atoms with Crippen molar-refractivity contribution in [3.63, 3.8) is 0 Å². The highest BCUT2D eigenvalue weighted by molar-refractivity contribution is 5.84. The van der Waals surface area contributed by atoms with E-state index < -0.39 is 0 Å². The summed E-state index contributed by atoms with van der Waals surface area (Å²) in [4.78, 5) is 4.47. The van der Waals surface area contributed by atoms with Crippen molar-refractivity contribution in [2.45, 2.75) is 13.8 Å². The van der Waals surface area contributed by atoms with Crippen molar-refractivity contribution in [2.24, 2.45) is 0 Å². The minimum absolute atomic E-state index is 0.485. The summed E-state index contributed by atoms with van der Waals surface area (Å²) in [7, 11) is 0. The number of fused-ring (bicyclic) bond motifs is 4. The van der Waals surface area contributed by atoms with E-state index in [0.29, 0.717) is 22.3 Å². The molecule has 0 aliphatic carbocycles. The topological polar surface area (TPSA) is 72.5 Å². The number of nitrogens with zero attached hydrogens (tertiary/aromatic N) is 4. The van der Waals surface area contributed by atoms with E-state index in [-0.39, 0.29) is 0 Å². The first-order valence-electron chi connectivity index (χ1n) is 15.3. The Morgan fingerprint density at radius 1 is 0.522 bits per heavy atom. The first kappa shape index (κ1) is 28.5. The lowest BCUT2D eigenvalue weighted by Crippen LogP contribution is -2.20. The molecule has 46 heavy (non-hydrogen) atoms. The summed E-state index contributed by atoms with van der Waals surface area (Å²) in [5.41, 5.74) is 8.30. The SMILES string of the molecule is CCN1c2ccccc2Oc2cc(/C=C/c3cc(C#N)c(/C=C/c4ccc5c(c4)Oc4ccccc4N5CC)cc3C#N)ccc21. The fourth-order valence-electron chi connectivity index (χ4n) is 6.06. The first-order valence-corrected chi connectivity index (χ1v) is 15.3. The standard InChI is InChI=1S/C40H30N4O2/c1-3-43-33-9-5-7-11-37(33)45-39-21-27(15-19-35(39)43)13-17-29-23-32(26-42)30(24-31(29)25-41)18-14-28-16-20-36-40(22-28)46-38-12-8-6-10-34(38)44(36)4-2/h5-24H,3-4H2,1-2H3/b17-13+,18-14+. The molecular formula is C40H30N4O2. The smallest absolute Gasteiger partial charge is 0.151 e. The van der Waals surface area contributed by atoms with Crippen LogP contribution >= 0.6 is 0 Å². The molecule has 222 valence electrons. The molecule has 0 unspecified atom stereocenters. The van der Waals surface area contributed by atoms with Gasteiger partial charge in [-0.05, 0) is 96.8 Å². The normalized spacial score (nSPS) is 12.8. The third-order valence-corrected chi connectivity index (χ3v) is 8.31. The van der Waals surface area contributed by atoms with Gasteiger partial charge in [-0.3, -0.25) is 0 Å². The van der Waals surface area contributed by atoms with E-state index in [0.717, 1.165) is 70.0 Å². The quantitative estimate of drug-likeness (QED) is 0.181. The van der Waals surface area contributed by atoms with Crippen LogP contribution in [0.3, 0.4) is 0 Å². The maximum absolute atomic E-state index is 10.0. The zero-order valence-electron chi connectivity index (χ0n) is 25.6. The zero-order chi connectivity index (χ0) is 31.6. The highest BCUT2D eigenvalue weighted by atomic mass is 16.5. The van der Waals surface area contributed by atoms with Crippen LogP contribution in [-0.4, -0.2) is 13.1 Å². The Morgan fingerprint density at radius 3 is 1.35 bits per heavy atom. The molecule has 0 bridgehead atoms. The van der Waals surface area contributed by atoms with Crippen LogP contribution in [0.15, 0.2) is 97.1 Å². The number of benzene rings is 5. The lowest BCUT2D eigenvalue weighted by molar-refractivity contribution is 0.473. The highest BCUT2D eigenvalue weighted by Crippen LogP contribution is 2.48. The molecule has 0 aromatic heterocycles. The maximum Gasteiger partial charge on any atom is 0.151 e. The van der Waals surface area contributed by atoms with Gasteiger partial charge >= 0.3 is 0 Å². The van der Waals surface area contributed by atoms with Gasteiger partial charge in [-0.15, -0.1) is 0 Å². The monoisotopic (exact) mass is 598 g/mol. The second-order valence-corrected chi connectivity index (χ2v) is 11.0. The van der Waals surface area contributed by atoms with Gasteiger partial charge in [-0.25, -0.2) is 0 Å². The van der Waals surface area contributed by atoms with E-state index in [1.54, 1.807) is 12.1 Å². The molecule has 5 aromatic carbocycles. The van der Waals surface area contributed by atoms with E-state index in [2.05, 4.69) is 60.1 Å². The van der Waals surface area contributed by atoms with Gasteiger partial charge < -0.3 is 19.3 Å². The molecular weight excluding hydrogens is 568 g/mol. The van der Waals surface area contributed by atoms with E-state index in [9.17, 15) is 10.5 Å². The van der Waals surface area contributed by atoms with Gasteiger partial charge in [-0.1, -0.05) is 60.7 Å². The Morgan fingerprint density at radius 2 is 0.935 bits per heavy atom. The summed E-state index contributed by atoms with van der Waals surface area (Å²) < 4.78 is 12.5. The summed E-state index contributed by atoms with van der Waals surface area (Å²) in [5.74, 6) is 3.20. The number of hydrogen-bond acceptors (Lipinski definition) is 6.